The molecule has 0 atom stereocenters. The Balaban J connectivity index is 1.92. The lowest BCUT2D eigenvalue weighted by atomic mass is 10.2. The molecule has 0 fully saturated rings. The number of hydrogen-bond acceptors (Lipinski definition) is 6. The van der Waals surface area contributed by atoms with Crippen molar-refractivity contribution in [2.24, 2.45) is 0 Å². The summed E-state index contributed by atoms with van der Waals surface area (Å²) in [6, 6.07) is 1.23. The summed E-state index contributed by atoms with van der Waals surface area (Å²) in [5.41, 5.74) is 1.11. The van der Waals surface area contributed by atoms with Gasteiger partial charge in [-0.25, -0.2) is 17.7 Å². The Morgan fingerprint density at radius 3 is 2.71 bits per heavy atom. The highest BCUT2D eigenvalue weighted by atomic mass is 32.2. The molecule has 0 spiro atoms. The largest absolute Gasteiger partial charge is 0.451 e. The molecule has 2 aromatic heterocycles. The van der Waals surface area contributed by atoms with Gasteiger partial charge in [0.1, 0.15) is 6.26 Å². The molecule has 0 unspecified atom stereocenters. The van der Waals surface area contributed by atoms with E-state index in [2.05, 4.69) is 24.1 Å². The summed E-state index contributed by atoms with van der Waals surface area (Å²) in [4.78, 5) is 16.6. The maximum absolute atomic E-state index is 12.1. The molecule has 2 heterocycles. The zero-order valence-corrected chi connectivity index (χ0v) is 15.7. The molecule has 0 aliphatic rings. The van der Waals surface area contributed by atoms with Gasteiger partial charge in [-0.15, -0.1) is 11.3 Å². The minimum absolute atomic E-state index is 0.177. The van der Waals surface area contributed by atoms with Crippen LogP contribution in [0.1, 0.15) is 40.8 Å². The quantitative estimate of drug-likeness (QED) is 0.804. The molecule has 0 radical (unpaired) electrons. The Hall–Kier alpha value is -1.71. The van der Waals surface area contributed by atoms with Gasteiger partial charge in [0.05, 0.1) is 16.3 Å². The lowest BCUT2D eigenvalue weighted by Crippen LogP contribution is -2.25. The minimum atomic E-state index is -3.68. The zero-order valence-electron chi connectivity index (χ0n) is 14.1. The Kier molecular flexibility index (Phi) is 5.79. The summed E-state index contributed by atoms with van der Waals surface area (Å²) in [5, 5.41) is 5.55. The molecule has 0 bridgehead atoms. The number of thiazole rings is 1. The number of furan rings is 1. The summed E-state index contributed by atoms with van der Waals surface area (Å²) in [5.74, 6) is 0.0135. The summed E-state index contributed by atoms with van der Waals surface area (Å²) in [6.45, 7) is 4.59. The van der Waals surface area contributed by atoms with E-state index in [4.69, 9.17) is 4.42 Å². The molecular weight excluding hydrogens is 350 g/mol. The van der Waals surface area contributed by atoms with Gasteiger partial charge in [-0.3, -0.25) is 4.79 Å². The van der Waals surface area contributed by atoms with Crippen LogP contribution in [0.2, 0.25) is 0 Å². The molecule has 0 saturated heterocycles. The van der Waals surface area contributed by atoms with E-state index < -0.39 is 10.0 Å². The van der Waals surface area contributed by atoms with Crippen LogP contribution < -0.4 is 5.32 Å². The van der Waals surface area contributed by atoms with Crippen molar-refractivity contribution >= 4 is 27.3 Å². The van der Waals surface area contributed by atoms with Crippen molar-refractivity contribution in [1.82, 2.24) is 14.6 Å². The minimum Gasteiger partial charge on any atom is -0.451 e. The number of carbonyl (C=O) groups is 1. The smallest absolute Gasteiger partial charge is 0.275 e. The molecule has 7 nitrogen and oxygen atoms in total. The van der Waals surface area contributed by atoms with E-state index in [1.165, 1.54) is 20.2 Å². The zero-order chi connectivity index (χ0) is 17.9. The Morgan fingerprint density at radius 1 is 1.42 bits per heavy atom. The Morgan fingerprint density at radius 2 is 2.12 bits per heavy atom. The third kappa shape index (κ3) is 4.22. The first-order valence-electron chi connectivity index (χ1n) is 7.45. The fraction of sp³-hybridized carbons (Fsp3) is 0.467. The average molecular weight is 371 g/mol. The van der Waals surface area contributed by atoms with Crippen molar-refractivity contribution in [2.75, 3.05) is 20.6 Å². The topological polar surface area (TPSA) is 92.5 Å². The normalized spacial score (nSPS) is 12.1. The van der Waals surface area contributed by atoms with Crippen molar-refractivity contribution in [2.45, 2.75) is 31.3 Å². The van der Waals surface area contributed by atoms with Gasteiger partial charge in [0.2, 0.25) is 5.09 Å². The number of aromatic nitrogens is 1. The molecule has 0 aromatic carbocycles. The first-order valence-corrected chi connectivity index (χ1v) is 9.77. The monoisotopic (exact) mass is 371 g/mol. The number of sulfonamides is 1. The molecule has 132 valence electrons. The lowest BCUT2D eigenvalue weighted by Gasteiger charge is -2.07. The number of nitrogens with one attached hydrogen (secondary N) is 1. The van der Waals surface area contributed by atoms with Gasteiger partial charge < -0.3 is 9.73 Å². The number of amides is 1. The molecule has 0 aliphatic carbocycles. The lowest BCUT2D eigenvalue weighted by molar-refractivity contribution is 0.0953. The second-order valence-electron chi connectivity index (χ2n) is 5.78. The van der Waals surface area contributed by atoms with Gasteiger partial charge in [-0.05, 0) is 0 Å². The SMILES string of the molecule is CC(C)c1nc(CCNC(=O)c2coc(S(=O)(=O)N(C)C)c2)cs1. The van der Waals surface area contributed by atoms with Gasteiger partial charge in [-0.2, -0.15) is 0 Å². The van der Waals surface area contributed by atoms with E-state index in [-0.39, 0.29) is 16.6 Å². The van der Waals surface area contributed by atoms with Crippen LogP contribution in [0.15, 0.2) is 27.2 Å². The molecular formula is C15H21N3O4S2. The summed E-state index contributed by atoms with van der Waals surface area (Å²) in [7, 11) is -0.881. The molecule has 0 saturated carbocycles. The summed E-state index contributed by atoms with van der Waals surface area (Å²) < 4.78 is 29.9. The van der Waals surface area contributed by atoms with Crippen LogP contribution in [0.3, 0.4) is 0 Å². The number of nitrogens with zero attached hydrogens (tertiary/aromatic N) is 2. The van der Waals surface area contributed by atoms with E-state index in [9.17, 15) is 13.2 Å². The predicted octanol–water partition coefficient (Wildman–Crippen LogP) is 2.08. The van der Waals surface area contributed by atoms with Gasteiger partial charge >= 0.3 is 0 Å². The molecule has 0 aliphatic heterocycles. The van der Waals surface area contributed by atoms with Crippen LogP contribution in [0.4, 0.5) is 0 Å². The van der Waals surface area contributed by atoms with E-state index in [1.807, 2.05) is 5.38 Å². The van der Waals surface area contributed by atoms with Crippen LogP contribution in [0.25, 0.3) is 0 Å². The molecule has 2 aromatic rings. The molecule has 9 heteroatoms. The molecule has 24 heavy (non-hydrogen) atoms. The second kappa shape index (κ2) is 7.45. The maximum Gasteiger partial charge on any atom is 0.275 e. The van der Waals surface area contributed by atoms with E-state index in [0.717, 1.165) is 21.3 Å². The van der Waals surface area contributed by atoms with Gasteiger partial charge in [0.15, 0.2) is 0 Å². The first-order chi connectivity index (χ1) is 11.2. The van der Waals surface area contributed by atoms with Gasteiger partial charge in [0, 0.05) is 44.4 Å². The fourth-order valence-corrected chi connectivity index (χ4v) is 3.53. The van der Waals surface area contributed by atoms with Crippen molar-refractivity contribution in [3.05, 3.63) is 34.0 Å². The van der Waals surface area contributed by atoms with Gasteiger partial charge in [0.25, 0.3) is 15.9 Å². The van der Waals surface area contributed by atoms with E-state index in [1.54, 1.807) is 11.3 Å². The Labute approximate surface area is 145 Å². The van der Waals surface area contributed by atoms with Crippen molar-refractivity contribution in [1.29, 1.82) is 0 Å². The van der Waals surface area contributed by atoms with Gasteiger partial charge in [-0.1, -0.05) is 13.8 Å². The van der Waals surface area contributed by atoms with Crippen molar-refractivity contribution in [3.8, 4) is 0 Å². The third-order valence-corrected chi connectivity index (χ3v) is 6.18. The molecule has 1 amide bonds. The number of rotatable bonds is 7. The van der Waals surface area contributed by atoms with E-state index in [0.29, 0.717) is 18.9 Å². The third-order valence-electron chi connectivity index (χ3n) is 3.30. The van der Waals surface area contributed by atoms with Crippen molar-refractivity contribution < 1.29 is 17.6 Å². The number of hydrogen-bond donors (Lipinski definition) is 1. The Bertz CT molecular complexity index is 806. The summed E-state index contributed by atoms with van der Waals surface area (Å²) in [6.07, 6.45) is 1.76. The summed E-state index contributed by atoms with van der Waals surface area (Å²) >= 11 is 1.61. The molecule has 2 rings (SSSR count). The second-order valence-corrected chi connectivity index (χ2v) is 8.75. The highest BCUT2D eigenvalue weighted by Gasteiger charge is 2.23. The highest BCUT2D eigenvalue weighted by Crippen LogP contribution is 2.19. The van der Waals surface area contributed by atoms with Crippen LogP contribution in [0.5, 0.6) is 0 Å². The standard InChI is InChI=1S/C15H21N3O4S2/c1-10(2)15-17-12(9-23-15)5-6-16-14(19)11-7-13(22-8-11)24(20,21)18(3)4/h7-10H,5-6H2,1-4H3,(H,16,19). The average Bonchev–Trinajstić information content (AvgIpc) is 3.16. The predicted molar refractivity (Wildman–Crippen MR) is 91.8 cm³/mol. The van der Waals surface area contributed by atoms with Crippen LogP contribution >= 0.6 is 11.3 Å². The fourth-order valence-electron chi connectivity index (χ4n) is 1.86. The first kappa shape index (κ1) is 18.6. The van der Waals surface area contributed by atoms with Crippen LogP contribution in [0, 0.1) is 0 Å². The highest BCUT2D eigenvalue weighted by molar-refractivity contribution is 7.88. The van der Waals surface area contributed by atoms with Crippen LogP contribution in [-0.2, 0) is 16.4 Å². The van der Waals surface area contributed by atoms with Crippen molar-refractivity contribution in [3.63, 3.8) is 0 Å². The number of carbonyl (C=O) groups excluding carboxylic acids is 1. The van der Waals surface area contributed by atoms with Crippen LogP contribution in [-0.4, -0.2) is 44.3 Å². The maximum atomic E-state index is 12.1. The molecule has 1 N–H and O–H groups in total. The van der Waals surface area contributed by atoms with E-state index >= 15 is 0 Å².